The van der Waals surface area contributed by atoms with Crippen molar-refractivity contribution in [3.63, 3.8) is 0 Å². The Hall–Kier alpha value is -14.4. The van der Waals surface area contributed by atoms with Gasteiger partial charge in [0.25, 0.3) is 0 Å². The number of rotatable bonds is 11. The van der Waals surface area contributed by atoms with E-state index in [1.807, 2.05) is 0 Å². The van der Waals surface area contributed by atoms with Crippen LogP contribution in [-0.2, 0) is 21.7 Å². The quantitative estimate of drug-likeness (QED) is 0.127. The van der Waals surface area contributed by atoms with Crippen molar-refractivity contribution in [3.05, 3.63) is 479 Å². The van der Waals surface area contributed by atoms with Crippen LogP contribution in [0.4, 0.5) is 34.1 Å². The van der Waals surface area contributed by atoms with Crippen molar-refractivity contribution >= 4 is 34.1 Å². The summed E-state index contributed by atoms with van der Waals surface area (Å²) < 4.78 is 0. The Morgan fingerprint density at radius 1 is 0.144 bits per heavy atom. The van der Waals surface area contributed by atoms with Crippen LogP contribution >= 0.6 is 0 Å². The lowest BCUT2D eigenvalue weighted by Crippen LogP contribution is -2.26. The van der Waals surface area contributed by atoms with E-state index in [1.54, 1.807) is 0 Å². The summed E-state index contributed by atoms with van der Waals surface area (Å²) in [5.41, 5.74) is 48.4. The van der Waals surface area contributed by atoms with E-state index in [0.717, 1.165) is 45.3 Å². The number of fused-ring (bicyclic) bond motifs is 26. The van der Waals surface area contributed by atoms with Gasteiger partial charge in [-0.3, -0.25) is 0 Å². The smallest absolute Gasteiger partial charge is 0.0726 e. The molecule has 2 heteroatoms. The van der Waals surface area contributed by atoms with Crippen molar-refractivity contribution in [2.24, 2.45) is 0 Å². The number of hydrogen-bond donors (Lipinski definition) is 0. The summed E-state index contributed by atoms with van der Waals surface area (Å²) >= 11 is 0. The van der Waals surface area contributed by atoms with Crippen LogP contribution in [0, 0.1) is 0 Å². The van der Waals surface area contributed by atoms with E-state index in [1.165, 1.54) is 178 Å². The zero-order valence-corrected chi connectivity index (χ0v) is 66.2. The summed E-state index contributed by atoms with van der Waals surface area (Å²) in [6.45, 7) is 9.55. The van der Waals surface area contributed by atoms with Gasteiger partial charge in [-0.25, -0.2) is 0 Å². The van der Waals surface area contributed by atoms with E-state index >= 15 is 0 Å². The van der Waals surface area contributed by atoms with Crippen LogP contribution in [0.2, 0.25) is 0 Å². The second-order valence-electron chi connectivity index (χ2n) is 34.1. The van der Waals surface area contributed by atoms with Crippen molar-refractivity contribution in [3.8, 4) is 122 Å². The minimum absolute atomic E-state index is 0.186. The molecular weight excluding hydrogens is 1420 g/mol. The number of benzene rings is 18. The molecule has 0 radical (unpaired) electrons. The molecule has 2 nitrogen and oxygen atoms in total. The zero-order valence-electron chi connectivity index (χ0n) is 66.2. The predicted molar refractivity (Wildman–Crippen MR) is 491 cm³/mol. The summed E-state index contributed by atoms with van der Waals surface area (Å²) in [4.78, 5) is 5.05. The van der Waals surface area contributed by atoms with Crippen LogP contribution in [0.5, 0.6) is 0 Å². The fraction of sp³-hybridized carbons (Fsp3) is 0.0690. The molecule has 18 aromatic rings. The van der Waals surface area contributed by atoms with Gasteiger partial charge in [0.1, 0.15) is 0 Å². The third-order valence-electron chi connectivity index (χ3n) is 27.5. The van der Waals surface area contributed by atoms with Gasteiger partial charge in [0.15, 0.2) is 0 Å². The van der Waals surface area contributed by atoms with E-state index in [-0.39, 0.29) is 10.8 Å². The minimum Gasteiger partial charge on any atom is -0.310 e. The third-order valence-corrected chi connectivity index (χ3v) is 27.5. The van der Waals surface area contributed by atoms with E-state index < -0.39 is 10.8 Å². The molecule has 24 rings (SSSR count). The Morgan fingerprint density at radius 2 is 0.390 bits per heavy atom. The Bertz CT molecular complexity index is 7220. The molecule has 6 aliphatic rings. The SMILES string of the molecule is CC1(C)c2ccccc2-c2ccc(N(c3ccc(-c4cccc(-c5ccc(-c6ccc7c(c6)C6(c8ccccc8-7)c7ccccc7-c7ccc(N(c8ccc9c(c8)C(C)(C)c8ccccc8-9)c8ccccc8-c8ccccc8)cc76)cc5)c4)cc3)c3ccc4c(c3)C3(c5ccccc5-c5ccc(-c6ccccc6)cc53)c3ccccc3-4)cc21. The van der Waals surface area contributed by atoms with Gasteiger partial charge in [0.2, 0.25) is 0 Å². The topological polar surface area (TPSA) is 6.48 Å². The molecule has 0 heterocycles. The van der Waals surface area contributed by atoms with Gasteiger partial charge < -0.3 is 9.80 Å². The summed E-state index contributed by atoms with van der Waals surface area (Å²) in [5.74, 6) is 0. The first-order valence-corrected chi connectivity index (χ1v) is 41.6. The first-order chi connectivity index (χ1) is 58.0. The van der Waals surface area contributed by atoms with Crippen LogP contribution in [0.25, 0.3) is 122 Å². The molecule has 0 fully saturated rings. The van der Waals surface area contributed by atoms with Crippen LogP contribution in [0.15, 0.2) is 413 Å². The molecule has 2 spiro atoms. The van der Waals surface area contributed by atoms with Crippen LogP contribution in [-0.4, -0.2) is 0 Å². The van der Waals surface area contributed by atoms with Gasteiger partial charge in [0.05, 0.1) is 16.5 Å². The highest BCUT2D eigenvalue weighted by atomic mass is 15.2. The van der Waals surface area contributed by atoms with E-state index in [2.05, 4.69) is 450 Å². The van der Waals surface area contributed by atoms with Crippen molar-refractivity contribution in [1.82, 2.24) is 0 Å². The van der Waals surface area contributed by atoms with Crippen molar-refractivity contribution in [2.75, 3.05) is 9.80 Å². The van der Waals surface area contributed by atoms with Gasteiger partial charge >= 0.3 is 0 Å². The van der Waals surface area contributed by atoms with Gasteiger partial charge in [-0.1, -0.05) is 355 Å². The molecule has 0 N–H and O–H groups in total. The largest absolute Gasteiger partial charge is 0.310 e. The summed E-state index contributed by atoms with van der Waals surface area (Å²) in [6, 6.07) is 157. The van der Waals surface area contributed by atoms with Crippen molar-refractivity contribution in [1.29, 1.82) is 0 Å². The third kappa shape index (κ3) is 9.63. The normalized spacial score (nSPS) is 16.0. The molecule has 118 heavy (non-hydrogen) atoms. The molecule has 0 amide bonds. The number of hydrogen-bond acceptors (Lipinski definition) is 2. The number of nitrogens with zero attached hydrogens (tertiary/aromatic N) is 2. The fourth-order valence-electron chi connectivity index (χ4n) is 22.1. The Labute approximate surface area is 690 Å². The van der Waals surface area contributed by atoms with E-state index in [4.69, 9.17) is 0 Å². The van der Waals surface area contributed by atoms with Gasteiger partial charge in [0, 0.05) is 44.8 Å². The zero-order chi connectivity index (χ0) is 78.3. The molecule has 0 bridgehead atoms. The standard InChI is InChI=1S/C116H80N2/c1-113(2)100-39-18-11-33-88(100)94-62-56-83(69-106(94)113)117(84-57-64-98-92-37-15-22-43-104(92)115(110(98)71-84)102-41-20-13-35-90(102)96-60-52-80(67-108(96)115)73-26-7-5-8-27-73)82-54-50-76(51-55-82)79-31-25-30-78(66-79)74-46-48-75(49-47-74)81-53-61-97-91-36-14-21-42-103(91)116(109(97)68-81)105-44-23-16-38-93(105)99-65-59-86(72-111(99)116)118(112-45-24-17-32-87(112)77-28-9-6-10-29-77)85-58-63-95-89-34-12-19-40-101(89)114(3,4)107(95)70-85/h5-72H,1-4H3. The fourth-order valence-corrected chi connectivity index (χ4v) is 22.1. The highest BCUT2D eigenvalue weighted by Gasteiger charge is 2.54. The Kier molecular flexibility index (Phi) is 14.7. The lowest BCUT2D eigenvalue weighted by Gasteiger charge is -2.33. The molecule has 0 aliphatic heterocycles. The average molecular weight is 1500 g/mol. The van der Waals surface area contributed by atoms with Crippen molar-refractivity contribution < 1.29 is 0 Å². The second-order valence-corrected chi connectivity index (χ2v) is 34.1. The molecule has 2 unspecified atom stereocenters. The molecule has 18 aromatic carbocycles. The van der Waals surface area contributed by atoms with Gasteiger partial charge in [-0.2, -0.15) is 0 Å². The number of para-hydroxylation sites is 1. The highest BCUT2D eigenvalue weighted by molar-refractivity contribution is 6.01. The summed E-state index contributed by atoms with van der Waals surface area (Å²) in [7, 11) is 0. The predicted octanol–water partition coefficient (Wildman–Crippen LogP) is 30.3. The van der Waals surface area contributed by atoms with Gasteiger partial charge in [-0.05, 0) is 269 Å². The Morgan fingerprint density at radius 3 is 0.797 bits per heavy atom. The van der Waals surface area contributed by atoms with Crippen molar-refractivity contribution in [2.45, 2.75) is 49.4 Å². The lowest BCUT2D eigenvalue weighted by atomic mass is 9.70. The highest BCUT2D eigenvalue weighted by Crippen LogP contribution is 2.67. The monoisotopic (exact) mass is 1500 g/mol. The number of anilines is 6. The minimum atomic E-state index is -0.610. The Balaban J connectivity index is 0.593. The maximum Gasteiger partial charge on any atom is 0.0726 e. The maximum atomic E-state index is 2.54. The van der Waals surface area contributed by atoms with Crippen LogP contribution in [0.3, 0.4) is 0 Å². The molecule has 0 saturated carbocycles. The maximum absolute atomic E-state index is 2.54. The molecular formula is C116H80N2. The summed E-state index contributed by atoms with van der Waals surface area (Å²) in [6.07, 6.45) is 0. The first-order valence-electron chi connectivity index (χ1n) is 41.6. The molecule has 0 aromatic heterocycles. The molecule has 554 valence electrons. The summed E-state index contributed by atoms with van der Waals surface area (Å²) in [5, 5.41) is 0. The van der Waals surface area contributed by atoms with Crippen LogP contribution in [0.1, 0.15) is 94.5 Å². The molecule has 2 atom stereocenters. The molecule has 6 aliphatic carbocycles. The second kappa shape index (κ2) is 25.5. The van der Waals surface area contributed by atoms with Gasteiger partial charge in [-0.15, -0.1) is 0 Å². The average Bonchev–Trinajstić information content (AvgIpc) is 1.51. The van der Waals surface area contributed by atoms with E-state index in [0.29, 0.717) is 0 Å². The first kappa shape index (κ1) is 68.0. The van der Waals surface area contributed by atoms with E-state index in [9.17, 15) is 0 Å². The molecule has 0 saturated heterocycles. The van der Waals surface area contributed by atoms with Crippen LogP contribution < -0.4 is 9.80 Å². The lowest BCUT2D eigenvalue weighted by molar-refractivity contribution is 0.660.